The number of nitro groups is 1. The van der Waals surface area contributed by atoms with E-state index in [-0.39, 0.29) is 11.4 Å². The number of hydrogen-bond acceptors (Lipinski definition) is 6. The molecule has 0 saturated carbocycles. The van der Waals surface area contributed by atoms with E-state index in [0.717, 1.165) is 11.1 Å². The van der Waals surface area contributed by atoms with E-state index in [1.165, 1.54) is 25.3 Å². The highest BCUT2D eigenvalue weighted by Gasteiger charge is 2.25. The first-order valence-corrected chi connectivity index (χ1v) is 9.38. The van der Waals surface area contributed by atoms with Crippen LogP contribution in [-0.4, -0.2) is 30.5 Å². The van der Waals surface area contributed by atoms with E-state index in [9.17, 15) is 19.7 Å². The molecule has 31 heavy (non-hydrogen) atoms. The van der Waals surface area contributed by atoms with Gasteiger partial charge in [0.05, 0.1) is 12.0 Å². The molecule has 0 aliphatic carbocycles. The first-order chi connectivity index (χ1) is 15.0. The molecular formula is C23H20N2O6. The second-order valence-electron chi connectivity index (χ2n) is 6.55. The Bertz CT molecular complexity index is 1030. The summed E-state index contributed by atoms with van der Waals surface area (Å²) in [5, 5.41) is 13.6. The minimum Gasteiger partial charge on any atom is -0.497 e. The number of ether oxygens (including phenoxy) is 2. The van der Waals surface area contributed by atoms with Gasteiger partial charge in [-0.05, 0) is 17.2 Å². The van der Waals surface area contributed by atoms with E-state index in [1.807, 2.05) is 36.4 Å². The molecule has 0 aliphatic heterocycles. The molecule has 1 amide bonds. The van der Waals surface area contributed by atoms with Crippen LogP contribution in [0.4, 0.5) is 11.4 Å². The van der Waals surface area contributed by atoms with E-state index >= 15 is 0 Å². The number of carbonyl (C=O) groups excluding carboxylic acids is 2. The molecule has 0 aliphatic rings. The van der Waals surface area contributed by atoms with Crippen molar-refractivity contribution in [1.82, 2.24) is 0 Å². The standard InChI is InChI=1S/C23H20N2O6/c1-30-18-12-13-20(25(28)29)19(14-18)24-21(26)15-31-23(27)22(16-8-4-2-5-9-16)17-10-6-3-7-11-17/h2-14,22H,15H2,1H3,(H,24,26). The largest absolute Gasteiger partial charge is 0.497 e. The first kappa shape index (κ1) is 21.5. The van der Waals surface area contributed by atoms with E-state index in [2.05, 4.69) is 5.32 Å². The van der Waals surface area contributed by atoms with Crippen LogP contribution in [0.1, 0.15) is 17.0 Å². The van der Waals surface area contributed by atoms with E-state index in [4.69, 9.17) is 9.47 Å². The molecular weight excluding hydrogens is 400 g/mol. The Hall–Kier alpha value is -4.20. The van der Waals surface area contributed by atoms with E-state index in [0.29, 0.717) is 5.75 Å². The van der Waals surface area contributed by atoms with Gasteiger partial charge in [-0.2, -0.15) is 0 Å². The maximum atomic E-state index is 12.8. The van der Waals surface area contributed by atoms with Crippen molar-refractivity contribution in [3.63, 3.8) is 0 Å². The summed E-state index contributed by atoms with van der Waals surface area (Å²) in [6.45, 7) is -0.594. The summed E-state index contributed by atoms with van der Waals surface area (Å²) in [5.74, 6) is -1.68. The molecule has 3 aromatic rings. The average molecular weight is 420 g/mol. The van der Waals surface area contributed by atoms with Crippen LogP contribution < -0.4 is 10.1 Å². The van der Waals surface area contributed by atoms with Gasteiger partial charge < -0.3 is 14.8 Å². The number of carbonyl (C=O) groups is 2. The number of amides is 1. The third kappa shape index (κ3) is 5.45. The minimum atomic E-state index is -0.707. The fraction of sp³-hybridized carbons (Fsp3) is 0.130. The monoisotopic (exact) mass is 420 g/mol. The highest BCUT2D eigenvalue weighted by Crippen LogP contribution is 2.29. The van der Waals surface area contributed by atoms with Gasteiger partial charge >= 0.3 is 5.97 Å². The lowest BCUT2D eigenvalue weighted by Crippen LogP contribution is -2.24. The van der Waals surface area contributed by atoms with Gasteiger partial charge in [0.25, 0.3) is 11.6 Å². The van der Waals surface area contributed by atoms with Crippen molar-refractivity contribution >= 4 is 23.3 Å². The molecule has 1 N–H and O–H groups in total. The van der Waals surface area contributed by atoms with Gasteiger partial charge in [-0.25, -0.2) is 0 Å². The van der Waals surface area contributed by atoms with Crippen molar-refractivity contribution in [2.75, 3.05) is 19.0 Å². The molecule has 158 valence electrons. The first-order valence-electron chi connectivity index (χ1n) is 9.38. The lowest BCUT2D eigenvalue weighted by atomic mass is 9.91. The molecule has 0 unspecified atom stereocenters. The Morgan fingerprint density at radius 3 is 2.06 bits per heavy atom. The van der Waals surface area contributed by atoms with Gasteiger partial charge in [0.1, 0.15) is 17.4 Å². The van der Waals surface area contributed by atoms with Gasteiger partial charge in [0.15, 0.2) is 6.61 Å². The summed E-state index contributed by atoms with van der Waals surface area (Å²) in [7, 11) is 1.40. The zero-order valence-corrected chi connectivity index (χ0v) is 16.7. The molecule has 0 aromatic heterocycles. The van der Waals surface area contributed by atoms with Gasteiger partial charge in [-0.1, -0.05) is 60.7 Å². The molecule has 8 nitrogen and oxygen atoms in total. The molecule has 0 fully saturated rings. The predicted octanol–water partition coefficient (Wildman–Crippen LogP) is 3.92. The van der Waals surface area contributed by atoms with Gasteiger partial charge in [0.2, 0.25) is 0 Å². The average Bonchev–Trinajstić information content (AvgIpc) is 2.79. The Morgan fingerprint density at radius 1 is 0.968 bits per heavy atom. The van der Waals surface area contributed by atoms with Crippen LogP contribution in [0.2, 0.25) is 0 Å². The van der Waals surface area contributed by atoms with Crippen molar-refractivity contribution < 1.29 is 24.0 Å². The van der Waals surface area contributed by atoms with Crippen LogP contribution in [0.3, 0.4) is 0 Å². The topological polar surface area (TPSA) is 108 Å². The van der Waals surface area contributed by atoms with Crippen molar-refractivity contribution in [2.24, 2.45) is 0 Å². The fourth-order valence-electron chi connectivity index (χ4n) is 3.06. The number of rotatable bonds is 8. The number of methoxy groups -OCH3 is 1. The smallest absolute Gasteiger partial charge is 0.318 e. The van der Waals surface area contributed by atoms with Gasteiger partial charge in [-0.15, -0.1) is 0 Å². The summed E-state index contributed by atoms with van der Waals surface area (Å²) in [4.78, 5) is 35.8. The Labute approximate surface area is 178 Å². The maximum Gasteiger partial charge on any atom is 0.318 e. The van der Waals surface area contributed by atoms with E-state index < -0.39 is 29.3 Å². The van der Waals surface area contributed by atoms with Crippen LogP contribution in [0, 0.1) is 10.1 Å². The van der Waals surface area contributed by atoms with Crippen LogP contribution in [0.15, 0.2) is 78.9 Å². The quantitative estimate of drug-likeness (QED) is 0.336. The lowest BCUT2D eigenvalue weighted by molar-refractivity contribution is -0.383. The summed E-state index contributed by atoms with van der Waals surface area (Å²) in [6, 6.07) is 22.1. The number of nitro benzene ring substituents is 1. The van der Waals surface area contributed by atoms with Crippen molar-refractivity contribution in [1.29, 1.82) is 0 Å². The third-order valence-corrected chi connectivity index (χ3v) is 4.52. The number of benzene rings is 3. The Kier molecular flexibility index (Phi) is 6.95. The zero-order valence-electron chi connectivity index (χ0n) is 16.7. The predicted molar refractivity (Wildman–Crippen MR) is 114 cm³/mol. The normalized spacial score (nSPS) is 10.4. The summed E-state index contributed by atoms with van der Waals surface area (Å²) in [6.07, 6.45) is 0. The van der Waals surface area contributed by atoms with Crippen molar-refractivity contribution in [3.8, 4) is 5.75 Å². The zero-order chi connectivity index (χ0) is 22.2. The number of esters is 1. The highest BCUT2D eigenvalue weighted by molar-refractivity contribution is 5.95. The van der Waals surface area contributed by atoms with Crippen molar-refractivity contribution in [2.45, 2.75) is 5.92 Å². The van der Waals surface area contributed by atoms with Crippen LogP contribution >= 0.6 is 0 Å². The molecule has 0 saturated heterocycles. The molecule has 3 rings (SSSR count). The van der Waals surface area contributed by atoms with Crippen LogP contribution in [0.25, 0.3) is 0 Å². The maximum absolute atomic E-state index is 12.8. The SMILES string of the molecule is COc1ccc([N+](=O)[O-])c(NC(=O)COC(=O)C(c2ccccc2)c2ccccc2)c1. The Balaban J connectivity index is 1.73. The molecule has 0 heterocycles. The second-order valence-corrected chi connectivity index (χ2v) is 6.55. The third-order valence-electron chi connectivity index (χ3n) is 4.52. The molecule has 0 radical (unpaired) electrons. The van der Waals surface area contributed by atoms with Crippen molar-refractivity contribution in [3.05, 3.63) is 100 Å². The Morgan fingerprint density at radius 2 is 1.55 bits per heavy atom. The fourth-order valence-corrected chi connectivity index (χ4v) is 3.06. The van der Waals surface area contributed by atoms with Gasteiger partial charge in [-0.3, -0.25) is 19.7 Å². The summed E-state index contributed by atoms with van der Waals surface area (Å²) in [5.41, 5.74) is 1.10. The lowest BCUT2D eigenvalue weighted by Gasteiger charge is -2.17. The molecule has 0 spiro atoms. The molecule has 3 aromatic carbocycles. The second kappa shape index (κ2) is 10.0. The number of nitrogens with one attached hydrogen (secondary N) is 1. The van der Waals surface area contributed by atoms with Gasteiger partial charge in [0, 0.05) is 12.1 Å². The number of nitrogens with zero attached hydrogens (tertiary/aromatic N) is 1. The molecule has 0 bridgehead atoms. The number of hydrogen-bond donors (Lipinski definition) is 1. The van der Waals surface area contributed by atoms with Crippen LogP contribution in [-0.2, 0) is 14.3 Å². The summed E-state index contributed by atoms with van der Waals surface area (Å²) < 4.78 is 10.3. The van der Waals surface area contributed by atoms with Crippen LogP contribution in [0.5, 0.6) is 5.75 Å². The van der Waals surface area contributed by atoms with E-state index in [1.54, 1.807) is 24.3 Å². The molecule has 0 atom stereocenters. The molecule has 8 heteroatoms. The minimum absolute atomic E-state index is 0.0481. The highest BCUT2D eigenvalue weighted by atomic mass is 16.6. The summed E-state index contributed by atoms with van der Waals surface area (Å²) >= 11 is 0. The number of anilines is 1.